The van der Waals surface area contributed by atoms with Gasteiger partial charge in [0.2, 0.25) is 0 Å². The van der Waals surface area contributed by atoms with E-state index in [1.54, 1.807) is 6.26 Å². The standard InChI is InChI=1S/C20H26N2O2/c1-15-6-4-8-19(16(15)2)20(23)22(14-18-7-5-13-24-18)17-9-11-21(3)12-10-17/h4-8,13,17H,9-12,14H2,1-3H3. The van der Waals surface area contributed by atoms with E-state index in [9.17, 15) is 4.79 Å². The summed E-state index contributed by atoms with van der Waals surface area (Å²) in [5, 5.41) is 0. The molecule has 1 aliphatic heterocycles. The van der Waals surface area contributed by atoms with Crippen molar-refractivity contribution in [2.75, 3.05) is 20.1 Å². The average Bonchev–Trinajstić information content (AvgIpc) is 3.09. The molecule has 0 spiro atoms. The minimum Gasteiger partial charge on any atom is -0.467 e. The Bertz CT molecular complexity index is 686. The Labute approximate surface area is 144 Å². The maximum absolute atomic E-state index is 13.3. The molecule has 4 nitrogen and oxygen atoms in total. The third-order valence-corrected chi connectivity index (χ3v) is 5.13. The summed E-state index contributed by atoms with van der Waals surface area (Å²) in [6.45, 7) is 6.67. The number of benzene rings is 1. The topological polar surface area (TPSA) is 36.7 Å². The molecule has 1 aromatic carbocycles. The van der Waals surface area contributed by atoms with Gasteiger partial charge in [0, 0.05) is 11.6 Å². The SMILES string of the molecule is Cc1cccc(C(=O)N(Cc2ccco2)C2CCN(C)CC2)c1C. The predicted molar refractivity (Wildman–Crippen MR) is 95.0 cm³/mol. The molecule has 0 unspecified atom stereocenters. The Morgan fingerprint density at radius 1 is 1.21 bits per heavy atom. The molecule has 0 aliphatic carbocycles. The van der Waals surface area contributed by atoms with E-state index in [2.05, 4.69) is 24.9 Å². The van der Waals surface area contributed by atoms with E-state index in [-0.39, 0.29) is 11.9 Å². The first-order valence-corrected chi connectivity index (χ1v) is 8.64. The van der Waals surface area contributed by atoms with Gasteiger partial charge >= 0.3 is 0 Å². The van der Waals surface area contributed by atoms with Crippen LogP contribution in [0.5, 0.6) is 0 Å². The maximum atomic E-state index is 13.3. The zero-order valence-corrected chi connectivity index (χ0v) is 14.8. The summed E-state index contributed by atoms with van der Waals surface area (Å²) in [6.07, 6.45) is 3.69. The van der Waals surface area contributed by atoms with Crippen LogP contribution in [0.4, 0.5) is 0 Å². The van der Waals surface area contributed by atoms with Crippen LogP contribution in [0.1, 0.15) is 40.1 Å². The van der Waals surface area contributed by atoms with Gasteiger partial charge in [0.15, 0.2) is 0 Å². The van der Waals surface area contributed by atoms with E-state index < -0.39 is 0 Å². The van der Waals surface area contributed by atoms with E-state index in [4.69, 9.17) is 4.42 Å². The lowest BCUT2D eigenvalue weighted by Gasteiger charge is -2.37. The van der Waals surface area contributed by atoms with Gasteiger partial charge in [-0.25, -0.2) is 0 Å². The first-order valence-electron chi connectivity index (χ1n) is 8.64. The summed E-state index contributed by atoms with van der Waals surface area (Å²) in [4.78, 5) is 17.6. The summed E-state index contributed by atoms with van der Waals surface area (Å²) in [5.74, 6) is 0.953. The number of furan rings is 1. The van der Waals surface area contributed by atoms with Crippen molar-refractivity contribution < 1.29 is 9.21 Å². The number of carbonyl (C=O) groups excluding carboxylic acids is 1. The van der Waals surface area contributed by atoms with Crippen LogP contribution in [-0.2, 0) is 6.54 Å². The lowest BCUT2D eigenvalue weighted by molar-refractivity contribution is 0.0550. The number of amides is 1. The van der Waals surface area contributed by atoms with Crippen molar-refractivity contribution in [3.63, 3.8) is 0 Å². The van der Waals surface area contributed by atoms with E-state index in [1.807, 2.05) is 36.1 Å². The summed E-state index contributed by atoms with van der Waals surface area (Å²) in [7, 11) is 2.14. The molecule has 2 heterocycles. The zero-order valence-electron chi connectivity index (χ0n) is 14.8. The molecular formula is C20H26N2O2. The fraction of sp³-hybridized carbons (Fsp3) is 0.450. The monoisotopic (exact) mass is 326 g/mol. The molecule has 24 heavy (non-hydrogen) atoms. The van der Waals surface area contributed by atoms with Gasteiger partial charge in [-0.05, 0) is 76.2 Å². The highest BCUT2D eigenvalue weighted by atomic mass is 16.3. The molecule has 0 N–H and O–H groups in total. The number of nitrogens with zero attached hydrogens (tertiary/aromatic N) is 2. The van der Waals surface area contributed by atoms with Crippen LogP contribution in [0.25, 0.3) is 0 Å². The average molecular weight is 326 g/mol. The molecule has 0 bridgehead atoms. The van der Waals surface area contributed by atoms with Gasteiger partial charge in [0.1, 0.15) is 5.76 Å². The van der Waals surface area contributed by atoms with Gasteiger partial charge in [-0.3, -0.25) is 4.79 Å². The van der Waals surface area contributed by atoms with Crippen molar-refractivity contribution in [3.05, 3.63) is 59.0 Å². The molecule has 1 aromatic heterocycles. The number of rotatable bonds is 4. The lowest BCUT2D eigenvalue weighted by atomic mass is 9.99. The van der Waals surface area contributed by atoms with E-state index in [0.29, 0.717) is 6.54 Å². The zero-order chi connectivity index (χ0) is 17.1. The first-order chi connectivity index (χ1) is 11.6. The van der Waals surface area contributed by atoms with Crippen molar-refractivity contribution in [1.29, 1.82) is 0 Å². The number of hydrogen-bond donors (Lipinski definition) is 0. The fourth-order valence-electron chi connectivity index (χ4n) is 3.38. The molecule has 4 heteroatoms. The third kappa shape index (κ3) is 3.54. The molecule has 0 atom stereocenters. The molecular weight excluding hydrogens is 300 g/mol. The smallest absolute Gasteiger partial charge is 0.254 e. The minimum absolute atomic E-state index is 0.113. The van der Waals surface area contributed by atoms with Crippen molar-refractivity contribution in [2.24, 2.45) is 0 Å². The second-order valence-electron chi connectivity index (χ2n) is 6.79. The van der Waals surface area contributed by atoms with Crippen LogP contribution < -0.4 is 0 Å². The first kappa shape index (κ1) is 16.8. The highest BCUT2D eigenvalue weighted by molar-refractivity contribution is 5.96. The van der Waals surface area contributed by atoms with Crippen LogP contribution >= 0.6 is 0 Å². The van der Waals surface area contributed by atoms with Crippen LogP contribution in [0.15, 0.2) is 41.0 Å². The predicted octanol–water partition coefficient (Wildman–Crippen LogP) is 3.63. The van der Waals surface area contributed by atoms with Crippen molar-refractivity contribution in [1.82, 2.24) is 9.80 Å². The number of aryl methyl sites for hydroxylation is 1. The Kier molecular flexibility index (Phi) is 5.05. The van der Waals surface area contributed by atoms with Crippen LogP contribution in [0.3, 0.4) is 0 Å². The highest BCUT2D eigenvalue weighted by Gasteiger charge is 2.29. The maximum Gasteiger partial charge on any atom is 0.254 e. The summed E-state index contributed by atoms with van der Waals surface area (Å²) in [5.41, 5.74) is 3.03. The lowest BCUT2D eigenvalue weighted by Crippen LogP contribution is -2.46. The highest BCUT2D eigenvalue weighted by Crippen LogP contribution is 2.23. The number of piperidine rings is 1. The van der Waals surface area contributed by atoms with Crippen molar-refractivity contribution in [2.45, 2.75) is 39.3 Å². The molecule has 1 saturated heterocycles. The Balaban J connectivity index is 1.88. The number of hydrogen-bond acceptors (Lipinski definition) is 3. The molecule has 3 rings (SSSR count). The normalized spacial score (nSPS) is 16.3. The summed E-state index contributed by atoms with van der Waals surface area (Å²) >= 11 is 0. The number of likely N-dealkylation sites (tertiary alicyclic amines) is 1. The van der Waals surface area contributed by atoms with E-state index in [1.165, 1.54) is 0 Å². The molecule has 1 amide bonds. The van der Waals surface area contributed by atoms with Gasteiger partial charge in [0.25, 0.3) is 5.91 Å². The molecule has 1 aliphatic rings. The number of carbonyl (C=O) groups is 1. The Morgan fingerprint density at radius 2 is 1.96 bits per heavy atom. The molecule has 0 radical (unpaired) electrons. The molecule has 1 fully saturated rings. The Morgan fingerprint density at radius 3 is 2.62 bits per heavy atom. The largest absolute Gasteiger partial charge is 0.467 e. The van der Waals surface area contributed by atoms with Crippen molar-refractivity contribution >= 4 is 5.91 Å². The van der Waals surface area contributed by atoms with E-state index in [0.717, 1.165) is 48.4 Å². The minimum atomic E-state index is 0.113. The molecule has 0 saturated carbocycles. The van der Waals surface area contributed by atoms with Gasteiger partial charge in [-0.2, -0.15) is 0 Å². The molecule has 128 valence electrons. The summed E-state index contributed by atoms with van der Waals surface area (Å²) < 4.78 is 5.51. The second kappa shape index (κ2) is 7.22. The fourth-order valence-corrected chi connectivity index (χ4v) is 3.38. The Hall–Kier alpha value is -2.07. The molecule has 2 aromatic rings. The van der Waals surface area contributed by atoms with E-state index >= 15 is 0 Å². The van der Waals surface area contributed by atoms with Crippen LogP contribution in [0.2, 0.25) is 0 Å². The van der Waals surface area contributed by atoms with Gasteiger partial charge in [0.05, 0.1) is 12.8 Å². The van der Waals surface area contributed by atoms with Crippen LogP contribution in [-0.4, -0.2) is 41.9 Å². The van der Waals surface area contributed by atoms with Gasteiger partial charge in [-0.1, -0.05) is 12.1 Å². The third-order valence-electron chi connectivity index (χ3n) is 5.13. The van der Waals surface area contributed by atoms with Crippen molar-refractivity contribution in [3.8, 4) is 0 Å². The van der Waals surface area contributed by atoms with Crippen LogP contribution in [0, 0.1) is 13.8 Å². The van der Waals surface area contributed by atoms with Gasteiger partial charge < -0.3 is 14.2 Å². The van der Waals surface area contributed by atoms with Gasteiger partial charge in [-0.15, -0.1) is 0 Å². The quantitative estimate of drug-likeness (QED) is 0.861. The summed E-state index contributed by atoms with van der Waals surface area (Å²) in [6, 6.07) is 10.0. The second-order valence-corrected chi connectivity index (χ2v) is 6.79.